The van der Waals surface area contributed by atoms with Crippen molar-refractivity contribution in [3.05, 3.63) is 29.0 Å². The molecule has 0 bridgehead atoms. The average molecular weight is 187 g/mol. The minimum atomic E-state index is -1.06. The Kier molecular flexibility index (Phi) is 2.67. The highest BCUT2D eigenvalue weighted by Crippen LogP contribution is 2.17. The highest BCUT2D eigenvalue weighted by molar-refractivity contribution is 6.30. The molecule has 3 N–H and O–H groups in total. The zero-order valence-corrected chi connectivity index (χ0v) is 7.54. The molecule has 66 valence electrons. The number of hydrogen-bond acceptors (Lipinski definition) is 3. The Morgan fingerprint density at radius 3 is 2.75 bits per heavy atom. The number of halogens is 1. The van der Waals surface area contributed by atoms with Gasteiger partial charge in [0.05, 0.1) is 10.7 Å². The molecule has 1 rings (SSSR count). The van der Waals surface area contributed by atoms with Crippen LogP contribution in [0, 0.1) is 0 Å². The van der Waals surface area contributed by atoms with Crippen molar-refractivity contribution in [2.45, 2.75) is 12.5 Å². The van der Waals surface area contributed by atoms with Crippen LogP contribution in [0.25, 0.3) is 0 Å². The highest BCUT2D eigenvalue weighted by atomic mass is 35.5. The summed E-state index contributed by atoms with van der Waals surface area (Å²) in [7, 11) is 0. The third-order valence-electron chi connectivity index (χ3n) is 1.68. The maximum absolute atomic E-state index is 9.65. The lowest BCUT2D eigenvalue weighted by atomic mass is 10.0. The molecule has 0 aromatic carbocycles. The molecule has 0 spiro atoms. The van der Waals surface area contributed by atoms with Crippen LogP contribution < -0.4 is 5.73 Å². The second-order valence-electron chi connectivity index (χ2n) is 2.84. The van der Waals surface area contributed by atoms with Gasteiger partial charge in [0.1, 0.15) is 5.60 Å². The first-order chi connectivity index (χ1) is 5.56. The predicted molar refractivity (Wildman–Crippen MR) is 47.9 cm³/mol. The monoisotopic (exact) mass is 186 g/mol. The van der Waals surface area contributed by atoms with Crippen molar-refractivity contribution in [2.24, 2.45) is 5.73 Å². The fourth-order valence-corrected chi connectivity index (χ4v) is 0.911. The molecule has 1 heterocycles. The number of aromatic nitrogens is 1. The summed E-state index contributed by atoms with van der Waals surface area (Å²) in [5.74, 6) is 0. The lowest BCUT2D eigenvalue weighted by Gasteiger charge is -2.19. The van der Waals surface area contributed by atoms with Crippen LogP contribution in [0.3, 0.4) is 0 Å². The molecule has 1 aromatic rings. The molecule has 0 radical (unpaired) electrons. The molecule has 0 fully saturated rings. The fourth-order valence-electron chi connectivity index (χ4n) is 0.799. The van der Waals surface area contributed by atoms with Crippen molar-refractivity contribution in [1.82, 2.24) is 4.98 Å². The van der Waals surface area contributed by atoms with Gasteiger partial charge in [-0.3, -0.25) is 4.98 Å². The van der Waals surface area contributed by atoms with Gasteiger partial charge in [0, 0.05) is 12.7 Å². The molecule has 1 aromatic heterocycles. The van der Waals surface area contributed by atoms with Crippen LogP contribution in [0.4, 0.5) is 0 Å². The van der Waals surface area contributed by atoms with Gasteiger partial charge in [-0.25, -0.2) is 0 Å². The van der Waals surface area contributed by atoms with Gasteiger partial charge in [0.15, 0.2) is 0 Å². The number of aliphatic hydroxyl groups is 1. The van der Waals surface area contributed by atoms with Crippen LogP contribution >= 0.6 is 11.6 Å². The van der Waals surface area contributed by atoms with Crippen LogP contribution in [-0.2, 0) is 5.60 Å². The van der Waals surface area contributed by atoms with Gasteiger partial charge in [-0.2, -0.15) is 0 Å². The molecule has 0 aliphatic rings. The summed E-state index contributed by atoms with van der Waals surface area (Å²) in [5.41, 5.74) is 4.82. The second-order valence-corrected chi connectivity index (χ2v) is 3.28. The average Bonchev–Trinajstić information content (AvgIpc) is 2.05. The van der Waals surface area contributed by atoms with Crippen molar-refractivity contribution in [3.63, 3.8) is 0 Å². The third-order valence-corrected chi connectivity index (χ3v) is 1.90. The molecule has 0 saturated carbocycles. The first-order valence-corrected chi connectivity index (χ1v) is 3.98. The van der Waals surface area contributed by atoms with Gasteiger partial charge in [0.25, 0.3) is 0 Å². The van der Waals surface area contributed by atoms with E-state index in [0.29, 0.717) is 10.7 Å². The largest absolute Gasteiger partial charge is 0.383 e. The molecule has 0 amide bonds. The van der Waals surface area contributed by atoms with E-state index in [0.717, 1.165) is 0 Å². The van der Waals surface area contributed by atoms with Crippen molar-refractivity contribution in [3.8, 4) is 0 Å². The standard InChI is InChI=1S/C8H11ClN2O/c1-8(12,5-10)7-3-2-6(9)4-11-7/h2-4,12H,5,10H2,1H3. The molecule has 3 nitrogen and oxygen atoms in total. The Balaban J connectivity index is 2.96. The zero-order valence-electron chi connectivity index (χ0n) is 6.79. The van der Waals surface area contributed by atoms with Crippen molar-refractivity contribution in [2.75, 3.05) is 6.54 Å². The summed E-state index contributed by atoms with van der Waals surface area (Å²) in [6.45, 7) is 1.75. The van der Waals surface area contributed by atoms with E-state index in [2.05, 4.69) is 4.98 Å². The first-order valence-electron chi connectivity index (χ1n) is 3.61. The number of nitrogens with zero attached hydrogens (tertiary/aromatic N) is 1. The van der Waals surface area contributed by atoms with Crippen molar-refractivity contribution >= 4 is 11.6 Å². The zero-order chi connectivity index (χ0) is 9.19. The molecule has 12 heavy (non-hydrogen) atoms. The van der Waals surface area contributed by atoms with E-state index in [4.69, 9.17) is 17.3 Å². The lowest BCUT2D eigenvalue weighted by molar-refractivity contribution is 0.0622. The maximum atomic E-state index is 9.65. The summed E-state index contributed by atoms with van der Waals surface area (Å²) in [6.07, 6.45) is 1.49. The van der Waals surface area contributed by atoms with E-state index >= 15 is 0 Å². The summed E-state index contributed by atoms with van der Waals surface area (Å²) in [4.78, 5) is 3.96. The Hall–Kier alpha value is -0.640. The quantitative estimate of drug-likeness (QED) is 0.722. The predicted octanol–water partition coefficient (Wildman–Crippen LogP) is 0.901. The number of nitrogens with two attached hydrogens (primary N) is 1. The van der Waals surface area contributed by atoms with Gasteiger partial charge in [-0.15, -0.1) is 0 Å². The number of rotatable bonds is 2. The Morgan fingerprint density at radius 1 is 1.67 bits per heavy atom. The van der Waals surface area contributed by atoms with Gasteiger partial charge in [-0.1, -0.05) is 11.6 Å². The lowest BCUT2D eigenvalue weighted by Crippen LogP contribution is -2.32. The molecule has 0 aliphatic heterocycles. The summed E-state index contributed by atoms with van der Waals surface area (Å²) < 4.78 is 0. The second kappa shape index (κ2) is 3.39. The van der Waals surface area contributed by atoms with Crippen LogP contribution in [-0.4, -0.2) is 16.6 Å². The van der Waals surface area contributed by atoms with Crippen molar-refractivity contribution < 1.29 is 5.11 Å². The molecule has 4 heteroatoms. The maximum Gasteiger partial charge on any atom is 0.116 e. The van der Waals surface area contributed by atoms with Gasteiger partial charge in [-0.05, 0) is 19.1 Å². The van der Waals surface area contributed by atoms with Gasteiger partial charge >= 0.3 is 0 Å². The molecule has 1 unspecified atom stereocenters. The summed E-state index contributed by atoms with van der Waals surface area (Å²) >= 11 is 5.63. The van der Waals surface area contributed by atoms with E-state index in [1.54, 1.807) is 19.1 Å². The molecular weight excluding hydrogens is 176 g/mol. The minimum Gasteiger partial charge on any atom is -0.383 e. The van der Waals surface area contributed by atoms with E-state index in [1.165, 1.54) is 6.20 Å². The van der Waals surface area contributed by atoms with Crippen LogP contribution in [0.15, 0.2) is 18.3 Å². The molecule has 0 aliphatic carbocycles. The topological polar surface area (TPSA) is 59.1 Å². The summed E-state index contributed by atoms with van der Waals surface area (Å²) in [5, 5.41) is 10.2. The smallest absolute Gasteiger partial charge is 0.116 e. The Bertz CT molecular complexity index is 258. The minimum absolute atomic E-state index is 0.141. The SMILES string of the molecule is CC(O)(CN)c1ccc(Cl)cn1. The fraction of sp³-hybridized carbons (Fsp3) is 0.375. The summed E-state index contributed by atoms with van der Waals surface area (Å²) in [6, 6.07) is 3.34. The van der Waals surface area contributed by atoms with E-state index < -0.39 is 5.60 Å². The number of pyridine rings is 1. The first kappa shape index (κ1) is 9.45. The van der Waals surface area contributed by atoms with Crippen LogP contribution in [0.2, 0.25) is 5.02 Å². The Labute approximate surface area is 76.2 Å². The molecule has 1 atom stereocenters. The molecule has 0 saturated heterocycles. The van der Waals surface area contributed by atoms with Crippen LogP contribution in [0.5, 0.6) is 0 Å². The highest BCUT2D eigenvalue weighted by Gasteiger charge is 2.21. The van der Waals surface area contributed by atoms with E-state index in [9.17, 15) is 5.11 Å². The van der Waals surface area contributed by atoms with E-state index in [-0.39, 0.29) is 6.54 Å². The van der Waals surface area contributed by atoms with Crippen LogP contribution in [0.1, 0.15) is 12.6 Å². The molecular formula is C8H11ClN2O. The third kappa shape index (κ3) is 1.94. The van der Waals surface area contributed by atoms with E-state index in [1.807, 2.05) is 0 Å². The van der Waals surface area contributed by atoms with Crippen molar-refractivity contribution in [1.29, 1.82) is 0 Å². The number of hydrogen-bond donors (Lipinski definition) is 2. The normalized spacial score (nSPS) is 15.7. The Morgan fingerprint density at radius 2 is 2.33 bits per heavy atom. The van der Waals surface area contributed by atoms with Gasteiger partial charge in [0.2, 0.25) is 0 Å². The van der Waals surface area contributed by atoms with Gasteiger partial charge < -0.3 is 10.8 Å².